The van der Waals surface area contributed by atoms with Crippen LogP contribution in [0.4, 0.5) is 0 Å². The van der Waals surface area contributed by atoms with Gasteiger partial charge in [0.1, 0.15) is 0 Å². The second-order valence-corrected chi connectivity index (χ2v) is 4.83. The number of hydrogen-bond donors (Lipinski definition) is 1. The Morgan fingerprint density at radius 3 is 2.67 bits per heavy atom. The van der Waals surface area contributed by atoms with E-state index in [2.05, 4.69) is 4.90 Å². The Bertz CT molecular complexity index is 176. The van der Waals surface area contributed by atoms with Gasteiger partial charge >= 0.3 is 0 Å². The molecule has 3 heteroatoms. The third kappa shape index (κ3) is 3.74. The Kier molecular flexibility index (Phi) is 4.42. The van der Waals surface area contributed by atoms with Crippen LogP contribution in [0.1, 0.15) is 38.5 Å². The molecular formula is C12H24N2O. The molecule has 2 N–H and O–H groups in total. The number of nitrogens with zero attached hydrogens (tertiary/aromatic N) is 1. The summed E-state index contributed by atoms with van der Waals surface area (Å²) in [5, 5.41) is 0. The molecule has 1 saturated carbocycles. The number of hydrogen-bond acceptors (Lipinski definition) is 3. The van der Waals surface area contributed by atoms with E-state index in [1.165, 1.54) is 45.2 Å². The van der Waals surface area contributed by atoms with Crippen molar-refractivity contribution < 1.29 is 4.74 Å². The van der Waals surface area contributed by atoms with Gasteiger partial charge in [-0.05, 0) is 51.6 Å². The van der Waals surface area contributed by atoms with Crippen molar-refractivity contribution in [2.45, 2.75) is 50.7 Å². The van der Waals surface area contributed by atoms with Gasteiger partial charge in [0.2, 0.25) is 0 Å². The zero-order valence-electron chi connectivity index (χ0n) is 9.66. The third-order valence-corrected chi connectivity index (χ3v) is 3.48. The normalized spacial score (nSPS) is 26.4. The maximum absolute atomic E-state index is 5.66. The highest BCUT2D eigenvalue weighted by molar-refractivity contribution is 4.85. The molecule has 0 amide bonds. The van der Waals surface area contributed by atoms with Crippen molar-refractivity contribution in [3.63, 3.8) is 0 Å². The Hall–Kier alpha value is -0.120. The van der Waals surface area contributed by atoms with E-state index in [0.717, 1.165) is 25.6 Å². The Balaban J connectivity index is 1.64. The van der Waals surface area contributed by atoms with Crippen molar-refractivity contribution in [3.05, 3.63) is 0 Å². The van der Waals surface area contributed by atoms with Gasteiger partial charge in [0.25, 0.3) is 0 Å². The van der Waals surface area contributed by atoms with Crippen molar-refractivity contribution >= 4 is 0 Å². The van der Waals surface area contributed by atoms with Crippen molar-refractivity contribution in [2.24, 2.45) is 5.73 Å². The smallest absolute Gasteiger partial charge is 0.0588 e. The molecule has 88 valence electrons. The van der Waals surface area contributed by atoms with Gasteiger partial charge in [0, 0.05) is 19.2 Å². The van der Waals surface area contributed by atoms with Crippen molar-refractivity contribution in [3.8, 4) is 0 Å². The van der Waals surface area contributed by atoms with E-state index in [-0.39, 0.29) is 0 Å². The highest BCUT2D eigenvalue weighted by Crippen LogP contribution is 2.27. The first-order valence-electron chi connectivity index (χ1n) is 6.46. The van der Waals surface area contributed by atoms with Crippen molar-refractivity contribution in [1.82, 2.24) is 4.90 Å². The summed E-state index contributed by atoms with van der Waals surface area (Å²) in [7, 11) is 0. The van der Waals surface area contributed by atoms with Crippen LogP contribution in [0.15, 0.2) is 0 Å². The minimum absolute atomic E-state index is 0.545. The predicted molar refractivity (Wildman–Crippen MR) is 61.9 cm³/mol. The van der Waals surface area contributed by atoms with Crippen LogP contribution in [0.3, 0.4) is 0 Å². The average Bonchev–Trinajstić information content (AvgIpc) is 2.95. The number of ether oxygens (including phenoxy) is 1. The van der Waals surface area contributed by atoms with Gasteiger partial charge in [0.05, 0.1) is 6.10 Å². The van der Waals surface area contributed by atoms with Crippen LogP contribution < -0.4 is 5.73 Å². The molecule has 15 heavy (non-hydrogen) atoms. The van der Waals surface area contributed by atoms with Crippen LogP contribution >= 0.6 is 0 Å². The van der Waals surface area contributed by atoms with Crippen LogP contribution in [0.25, 0.3) is 0 Å². The van der Waals surface area contributed by atoms with Gasteiger partial charge in [-0.3, -0.25) is 0 Å². The molecule has 2 fully saturated rings. The Morgan fingerprint density at radius 1 is 1.20 bits per heavy atom. The fourth-order valence-corrected chi connectivity index (χ4v) is 2.39. The first-order chi connectivity index (χ1) is 7.40. The highest BCUT2D eigenvalue weighted by atomic mass is 16.5. The van der Waals surface area contributed by atoms with Crippen LogP contribution in [0.5, 0.6) is 0 Å². The maximum Gasteiger partial charge on any atom is 0.0588 e. The predicted octanol–water partition coefficient (Wildman–Crippen LogP) is 1.37. The van der Waals surface area contributed by atoms with Gasteiger partial charge in [-0.15, -0.1) is 0 Å². The largest absolute Gasteiger partial charge is 0.378 e. The van der Waals surface area contributed by atoms with E-state index in [0.29, 0.717) is 6.10 Å². The minimum atomic E-state index is 0.545. The van der Waals surface area contributed by atoms with Crippen LogP contribution in [0.2, 0.25) is 0 Å². The summed E-state index contributed by atoms with van der Waals surface area (Å²) in [6.07, 6.45) is 8.24. The zero-order valence-corrected chi connectivity index (χ0v) is 9.66. The van der Waals surface area contributed by atoms with Gasteiger partial charge in [-0.25, -0.2) is 0 Å². The zero-order chi connectivity index (χ0) is 10.5. The molecule has 2 aliphatic rings. The SMILES string of the molecule is NCCCN(CCC1CCCO1)C1CC1. The van der Waals surface area contributed by atoms with Gasteiger partial charge < -0.3 is 15.4 Å². The molecule has 1 saturated heterocycles. The molecule has 0 aromatic heterocycles. The van der Waals surface area contributed by atoms with Gasteiger partial charge in [0.15, 0.2) is 0 Å². The molecule has 0 aromatic rings. The standard InChI is InChI=1S/C12H24N2O/c13-7-2-8-14(11-4-5-11)9-6-12-3-1-10-15-12/h11-12H,1-10,13H2. The fraction of sp³-hybridized carbons (Fsp3) is 1.00. The first kappa shape index (κ1) is 11.4. The molecule has 1 unspecified atom stereocenters. The second kappa shape index (κ2) is 5.83. The summed E-state index contributed by atoms with van der Waals surface area (Å²) in [5.41, 5.74) is 5.56. The van der Waals surface area contributed by atoms with Gasteiger partial charge in [-0.1, -0.05) is 0 Å². The molecule has 0 aromatic carbocycles. The molecule has 1 heterocycles. The molecule has 1 atom stereocenters. The minimum Gasteiger partial charge on any atom is -0.378 e. The molecule has 2 rings (SSSR count). The molecule has 0 radical (unpaired) electrons. The average molecular weight is 212 g/mol. The Labute approximate surface area is 93.0 Å². The lowest BCUT2D eigenvalue weighted by Gasteiger charge is -2.23. The quantitative estimate of drug-likeness (QED) is 0.692. The van der Waals surface area contributed by atoms with Crippen LogP contribution in [-0.2, 0) is 4.74 Å². The number of rotatable bonds is 7. The molecule has 1 aliphatic carbocycles. The lowest BCUT2D eigenvalue weighted by Crippen LogP contribution is -2.31. The lowest BCUT2D eigenvalue weighted by molar-refractivity contribution is 0.0907. The topological polar surface area (TPSA) is 38.5 Å². The lowest BCUT2D eigenvalue weighted by atomic mass is 10.1. The van der Waals surface area contributed by atoms with E-state index in [1.807, 2.05) is 0 Å². The van der Waals surface area contributed by atoms with Crippen molar-refractivity contribution in [2.75, 3.05) is 26.2 Å². The third-order valence-electron chi connectivity index (χ3n) is 3.48. The second-order valence-electron chi connectivity index (χ2n) is 4.83. The van der Waals surface area contributed by atoms with E-state index >= 15 is 0 Å². The fourth-order valence-electron chi connectivity index (χ4n) is 2.39. The highest BCUT2D eigenvalue weighted by Gasteiger charge is 2.29. The van der Waals surface area contributed by atoms with Crippen molar-refractivity contribution in [1.29, 1.82) is 0 Å². The van der Waals surface area contributed by atoms with E-state index in [4.69, 9.17) is 10.5 Å². The maximum atomic E-state index is 5.66. The molecular weight excluding hydrogens is 188 g/mol. The number of nitrogens with two attached hydrogens (primary N) is 1. The summed E-state index contributed by atoms with van der Waals surface area (Å²) >= 11 is 0. The summed E-state index contributed by atoms with van der Waals surface area (Å²) in [5.74, 6) is 0. The summed E-state index contributed by atoms with van der Waals surface area (Å²) in [6.45, 7) is 4.21. The Morgan fingerprint density at radius 2 is 2.07 bits per heavy atom. The van der Waals surface area contributed by atoms with Gasteiger partial charge in [-0.2, -0.15) is 0 Å². The molecule has 3 nitrogen and oxygen atoms in total. The van der Waals surface area contributed by atoms with Crippen LogP contribution in [-0.4, -0.2) is 43.3 Å². The molecule has 0 bridgehead atoms. The molecule has 1 aliphatic heterocycles. The monoisotopic (exact) mass is 212 g/mol. The summed E-state index contributed by atoms with van der Waals surface area (Å²) in [4.78, 5) is 2.62. The summed E-state index contributed by atoms with van der Waals surface area (Å²) < 4.78 is 5.66. The van der Waals surface area contributed by atoms with E-state index in [9.17, 15) is 0 Å². The summed E-state index contributed by atoms with van der Waals surface area (Å²) in [6, 6.07) is 0.873. The van der Waals surface area contributed by atoms with E-state index in [1.54, 1.807) is 0 Å². The van der Waals surface area contributed by atoms with E-state index < -0.39 is 0 Å². The van der Waals surface area contributed by atoms with Crippen LogP contribution in [0, 0.1) is 0 Å². The first-order valence-corrected chi connectivity index (χ1v) is 6.46. The molecule has 0 spiro atoms.